The third-order valence-corrected chi connectivity index (χ3v) is 1.97. The molecule has 1 N–H and O–H groups in total. The molecule has 0 aliphatic heterocycles. The lowest BCUT2D eigenvalue weighted by Crippen LogP contribution is -2.10. The summed E-state index contributed by atoms with van der Waals surface area (Å²) in [5.74, 6) is -0.874. The Morgan fingerprint density at radius 1 is 1.38 bits per heavy atom. The molecule has 1 aromatic carbocycles. The van der Waals surface area contributed by atoms with Crippen LogP contribution in [0.15, 0.2) is 18.2 Å². The van der Waals surface area contributed by atoms with Gasteiger partial charge >= 0.3 is 5.97 Å². The summed E-state index contributed by atoms with van der Waals surface area (Å²) in [5, 5.41) is 8.85. The third-order valence-electron chi connectivity index (χ3n) is 1.97. The zero-order valence-corrected chi connectivity index (χ0v) is 8.03. The Hall–Kier alpha value is -1.51. The Bertz CT molecular complexity index is 332. The highest BCUT2D eigenvalue weighted by Gasteiger charge is 2.07. The van der Waals surface area contributed by atoms with E-state index in [1.54, 1.807) is 13.0 Å². The van der Waals surface area contributed by atoms with Crippen LogP contribution in [0.3, 0.4) is 0 Å². The van der Waals surface area contributed by atoms with Gasteiger partial charge in [0.25, 0.3) is 0 Å². The minimum atomic E-state index is -0.874. The second-order valence-corrected chi connectivity index (χ2v) is 3.20. The Balaban J connectivity index is 3.19. The lowest BCUT2D eigenvalue weighted by molar-refractivity contribution is 0.0696. The molecule has 1 aromatic rings. The summed E-state index contributed by atoms with van der Waals surface area (Å²) in [6.07, 6.45) is 0. The van der Waals surface area contributed by atoms with E-state index in [1.165, 1.54) is 0 Å². The summed E-state index contributed by atoms with van der Waals surface area (Å²) < 4.78 is 0. The number of anilines is 1. The van der Waals surface area contributed by atoms with Gasteiger partial charge < -0.3 is 10.0 Å². The molecule has 0 atom stereocenters. The number of aromatic carboxylic acids is 1. The van der Waals surface area contributed by atoms with Gasteiger partial charge in [-0.2, -0.15) is 0 Å². The van der Waals surface area contributed by atoms with Gasteiger partial charge in [0.2, 0.25) is 0 Å². The molecule has 0 unspecified atom stereocenters. The van der Waals surface area contributed by atoms with Crippen molar-refractivity contribution < 1.29 is 9.90 Å². The van der Waals surface area contributed by atoms with E-state index in [0.717, 1.165) is 11.3 Å². The third kappa shape index (κ3) is 1.99. The van der Waals surface area contributed by atoms with Gasteiger partial charge in [0.05, 0.1) is 5.56 Å². The fourth-order valence-electron chi connectivity index (χ4n) is 1.12. The van der Waals surface area contributed by atoms with E-state index in [4.69, 9.17) is 5.11 Å². The van der Waals surface area contributed by atoms with Crippen LogP contribution < -0.4 is 4.90 Å². The van der Waals surface area contributed by atoms with Crippen LogP contribution in [0, 0.1) is 6.92 Å². The summed E-state index contributed by atoms with van der Waals surface area (Å²) in [6, 6.07) is 5.40. The second kappa shape index (κ2) is 3.47. The van der Waals surface area contributed by atoms with Gasteiger partial charge in [-0.25, -0.2) is 4.79 Å². The molecule has 0 aromatic heterocycles. The number of rotatable bonds is 2. The summed E-state index contributed by atoms with van der Waals surface area (Å²) in [7, 11) is 3.77. The average Bonchev–Trinajstić information content (AvgIpc) is 2.04. The number of carboxylic acid groups (broad SMARTS) is 1. The minimum Gasteiger partial charge on any atom is -0.478 e. The van der Waals surface area contributed by atoms with Gasteiger partial charge in [0.15, 0.2) is 0 Å². The molecule has 0 spiro atoms. The Morgan fingerprint density at radius 3 is 2.46 bits per heavy atom. The van der Waals surface area contributed by atoms with Crippen molar-refractivity contribution in [1.82, 2.24) is 0 Å². The minimum absolute atomic E-state index is 0.367. The van der Waals surface area contributed by atoms with Crippen molar-refractivity contribution in [3.63, 3.8) is 0 Å². The molecular weight excluding hydrogens is 166 g/mol. The van der Waals surface area contributed by atoms with Crippen molar-refractivity contribution in [1.29, 1.82) is 0 Å². The summed E-state index contributed by atoms with van der Waals surface area (Å²) in [5.41, 5.74) is 2.06. The van der Waals surface area contributed by atoms with E-state index in [9.17, 15) is 4.79 Å². The lowest BCUT2D eigenvalue weighted by Gasteiger charge is -2.13. The van der Waals surface area contributed by atoms with E-state index in [-0.39, 0.29) is 0 Å². The standard InChI is InChI=1S/C10H13NO2/c1-7-4-5-8(11(2)3)6-9(7)10(12)13/h4-6H,1-3H3,(H,12,13). The first-order chi connectivity index (χ1) is 6.02. The fraction of sp³-hybridized carbons (Fsp3) is 0.300. The molecule has 0 amide bonds. The first-order valence-corrected chi connectivity index (χ1v) is 4.03. The van der Waals surface area contributed by atoms with E-state index >= 15 is 0 Å². The van der Waals surface area contributed by atoms with Gasteiger partial charge in [-0.1, -0.05) is 6.07 Å². The summed E-state index contributed by atoms with van der Waals surface area (Å²) in [6.45, 7) is 1.79. The van der Waals surface area contributed by atoms with Crippen LogP contribution in [0.25, 0.3) is 0 Å². The van der Waals surface area contributed by atoms with Gasteiger partial charge in [-0.05, 0) is 24.6 Å². The smallest absolute Gasteiger partial charge is 0.336 e. The van der Waals surface area contributed by atoms with Crippen LogP contribution in [0.2, 0.25) is 0 Å². The molecule has 0 radical (unpaired) electrons. The van der Waals surface area contributed by atoms with Crippen molar-refractivity contribution >= 4 is 11.7 Å². The van der Waals surface area contributed by atoms with Crippen LogP contribution in [-0.2, 0) is 0 Å². The van der Waals surface area contributed by atoms with E-state index in [2.05, 4.69) is 0 Å². The first-order valence-electron chi connectivity index (χ1n) is 4.03. The molecule has 0 aliphatic carbocycles. The zero-order chi connectivity index (χ0) is 10.0. The van der Waals surface area contributed by atoms with Crippen molar-refractivity contribution in [2.75, 3.05) is 19.0 Å². The van der Waals surface area contributed by atoms with Crippen molar-refractivity contribution in [3.8, 4) is 0 Å². The summed E-state index contributed by atoms with van der Waals surface area (Å²) in [4.78, 5) is 12.7. The predicted octanol–water partition coefficient (Wildman–Crippen LogP) is 1.76. The molecule has 3 heteroatoms. The maximum absolute atomic E-state index is 10.8. The van der Waals surface area contributed by atoms with E-state index in [0.29, 0.717) is 5.56 Å². The molecule has 3 nitrogen and oxygen atoms in total. The van der Waals surface area contributed by atoms with Crippen LogP contribution in [0.4, 0.5) is 5.69 Å². The normalized spacial score (nSPS) is 9.77. The number of hydrogen-bond acceptors (Lipinski definition) is 2. The van der Waals surface area contributed by atoms with Crippen molar-refractivity contribution in [2.24, 2.45) is 0 Å². The Labute approximate surface area is 77.6 Å². The van der Waals surface area contributed by atoms with Gasteiger partial charge in [-0.3, -0.25) is 0 Å². The molecular formula is C10H13NO2. The molecule has 0 saturated carbocycles. The molecule has 1 rings (SSSR count). The molecule has 0 heterocycles. The maximum Gasteiger partial charge on any atom is 0.336 e. The number of hydrogen-bond donors (Lipinski definition) is 1. The Kier molecular flexibility index (Phi) is 2.56. The van der Waals surface area contributed by atoms with Crippen molar-refractivity contribution in [3.05, 3.63) is 29.3 Å². The van der Waals surface area contributed by atoms with Gasteiger partial charge in [0, 0.05) is 19.8 Å². The monoisotopic (exact) mass is 179 g/mol. The van der Waals surface area contributed by atoms with E-state index < -0.39 is 5.97 Å². The zero-order valence-electron chi connectivity index (χ0n) is 8.03. The SMILES string of the molecule is Cc1ccc(N(C)C)cc1C(=O)O. The van der Waals surface area contributed by atoms with Crippen LogP contribution in [-0.4, -0.2) is 25.2 Å². The molecule has 0 fully saturated rings. The predicted molar refractivity (Wildman–Crippen MR) is 52.5 cm³/mol. The second-order valence-electron chi connectivity index (χ2n) is 3.20. The topological polar surface area (TPSA) is 40.5 Å². The molecule has 0 saturated heterocycles. The van der Waals surface area contributed by atoms with Crippen LogP contribution >= 0.6 is 0 Å². The highest BCUT2D eigenvalue weighted by Crippen LogP contribution is 2.17. The van der Waals surface area contributed by atoms with Crippen LogP contribution in [0.5, 0.6) is 0 Å². The van der Waals surface area contributed by atoms with Crippen molar-refractivity contribution in [2.45, 2.75) is 6.92 Å². The number of carboxylic acids is 1. The fourth-order valence-corrected chi connectivity index (χ4v) is 1.12. The maximum atomic E-state index is 10.8. The number of carbonyl (C=O) groups is 1. The first kappa shape index (κ1) is 9.58. The largest absolute Gasteiger partial charge is 0.478 e. The van der Waals surface area contributed by atoms with Crippen LogP contribution in [0.1, 0.15) is 15.9 Å². The number of benzene rings is 1. The Morgan fingerprint density at radius 2 is 2.00 bits per heavy atom. The van der Waals surface area contributed by atoms with E-state index in [1.807, 2.05) is 31.1 Å². The summed E-state index contributed by atoms with van der Waals surface area (Å²) >= 11 is 0. The number of nitrogens with zero attached hydrogens (tertiary/aromatic N) is 1. The van der Waals surface area contributed by atoms with Gasteiger partial charge in [0.1, 0.15) is 0 Å². The molecule has 0 aliphatic rings. The molecule has 0 bridgehead atoms. The lowest BCUT2D eigenvalue weighted by atomic mass is 10.1. The quantitative estimate of drug-likeness (QED) is 0.752. The average molecular weight is 179 g/mol. The number of aryl methyl sites for hydroxylation is 1. The van der Waals surface area contributed by atoms with Gasteiger partial charge in [-0.15, -0.1) is 0 Å². The molecule has 13 heavy (non-hydrogen) atoms. The highest BCUT2D eigenvalue weighted by molar-refractivity contribution is 5.90. The highest BCUT2D eigenvalue weighted by atomic mass is 16.4. The molecule has 70 valence electrons.